The zero-order valence-corrected chi connectivity index (χ0v) is 11.3. The Kier molecular flexibility index (Phi) is 3.32. The van der Waals surface area contributed by atoms with Crippen LogP contribution < -0.4 is 5.32 Å². The molecular weight excluding hydrogens is 299 g/mol. The SMILES string of the molecule is CNc1cnn(-c2ccc(-c3noc(C(F)(F)F)n3)cc2)c1. The predicted octanol–water partition coefficient (Wildman–Crippen LogP) is 2.98. The van der Waals surface area contributed by atoms with Crippen molar-refractivity contribution in [2.75, 3.05) is 12.4 Å². The highest BCUT2D eigenvalue weighted by Crippen LogP contribution is 2.29. The standard InChI is InChI=1S/C13H10F3N5O/c1-17-9-6-18-21(7-9)10-4-2-8(3-5-10)11-19-12(22-20-11)13(14,15)16/h2-7,17H,1H3. The van der Waals surface area contributed by atoms with Crippen LogP contribution in [-0.2, 0) is 6.18 Å². The van der Waals surface area contributed by atoms with Gasteiger partial charge in [0.05, 0.1) is 23.8 Å². The molecule has 114 valence electrons. The van der Waals surface area contributed by atoms with E-state index < -0.39 is 12.1 Å². The molecule has 0 saturated carbocycles. The van der Waals surface area contributed by atoms with Gasteiger partial charge in [0.2, 0.25) is 5.82 Å². The number of nitrogens with zero attached hydrogens (tertiary/aromatic N) is 4. The van der Waals surface area contributed by atoms with Crippen molar-refractivity contribution < 1.29 is 17.7 Å². The van der Waals surface area contributed by atoms with Crippen LogP contribution in [-0.4, -0.2) is 27.0 Å². The Morgan fingerprint density at radius 1 is 1.18 bits per heavy atom. The van der Waals surface area contributed by atoms with Gasteiger partial charge in [-0.05, 0) is 24.3 Å². The van der Waals surface area contributed by atoms with E-state index in [-0.39, 0.29) is 5.82 Å². The molecule has 0 unspecified atom stereocenters. The normalized spacial score (nSPS) is 11.6. The molecule has 1 aromatic carbocycles. The molecule has 22 heavy (non-hydrogen) atoms. The van der Waals surface area contributed by atoms with Gasteiger partial charge in [0, 0.05) is 12.6 Å². The molecule has 1 N–H and O–H groups in total. The maximum absolute atomic E-state index is 12.4. The Bertz CT molecular complexity index is 776. The minimum atomic E-state index is -4.65. The van der Waals surface area contributed by atoms with Crippen molar-refractivity contribution in [1.29, 1.82) is 0 Å². The van der Waals surface area contributed by atoms with E-state index in [4.69, 9.17) is 0 Å². The van der Waals surface area contributed by atoms with Crippen LogP contribution in [0.3, 0.4) is 0 Å². The third-order valence-electron chi connectivity index (χ3n) is 2.93. The number of hydrogen-bond acceptors (Lipinski definition) is 5. The summed E-state index contributed by atoms with van der Waals surface area (Å²) in [5, 5.41) is 10.4. The monoisotopic (exact) mass is 309 g/mol. The van der Waals surface area contributed by atoms with Gasteiger partial charge >= 0.3 is 12.1 Å². The minimum absolute atomic E-state index is 0.116. The predicted molar refractivity (Wildman–Crippen MR) is 71.4 cm³/mol. The van der Waals surface area contributed by atoms with Crippen LogP contribution in [0.5, 0.6) is 0 Å². The first kappa shape index (κ1) is 14.1. The molecular formula is C13H10F3N5O. The summed E-state index contributed by atoms with van der Waals surface area (Å²) in [6, 6.07) is 6.60. The molecule has 0 aliphatic heterocycles. The summed E-state index contributed by atoms with van der Waals surface area (Å²) in [5.74, 6) is -1.48. The molecule has 0 radical (unpaired) electrons. The fourth-order valence-corrected chi connectivity index (χ4v) is 1.81. The molecule has 0 amide bonds. The largest absolute Gasteiger partial charge is 0.471 e. The maximum Gasteiger partial charge on any atom is 0.471 e. The molecule has 0 aliphatic carbocycles. The molecule has 3 aromatic rings. The van der Waals surface area contributed by atoms with Gasteiger partial charge in [-0.1, -0.05) is 5.16 Å². The molecule has 2 heterocycles. The minimum Gasteiger partial charge on any atom is -0.386 e. The molecule has 0 atom stereocenters. The van der Waals surface area contributed by atoms with Crippen molar-refractivity contribution in [3.63, 3.8) is 0 Å². The summed E-state index contributed by atoms with van der Waals surface area (Å²) >= 11 is 0. The average molecular weight is 309 g/mol. The van der Waals surface area contributed by atoms with Gasteiger partial charge in [-0.2, -0.15) is 23.3 Å². The Balaban J connectivity index is 1.86. The Morgan fingerprint density at radius 3 is 2.45 bits per heavy atom. The Labute approximate surface area is 122 Å². The van der Waals surface area contributed by atoms with Crippen LogP contribution in [0.25, 0.3) is 17.1 Å². The zero-order valence-electron chi connectivity index (χ0n) is 11.3. The van der Waals surface area contributed by atoms with Crippen molar-refractivity contribution in [1.82, 2.24) is 19.9 Å². The summed E-state index contributed by atoms with van der Waals surface area (Å²) in [4.78, 5) is 3.34. The van der Waals surface area contributed by atoms with Gasteiger partial charge in [0.25, 0.3) is 0 Å². The van der Waals surface area contributed by atoms with Crippen molar-refractivity contribution in [2.24, 2.45) is 0 Å². The highest BCUT2D eigenvalue weighted by atomic mass is 19.4. The molecule has 2 aromatic heterocycles. The van der Waals surface area contributed by atoms with Crippen molar-refractivity contribution in [2.45, 2.75) is 6.18 Å². The molecule has 6 nitrogen and oxygen atoms in total. The van der Waals surface area contributed by atoms with Crippen LogP contribution in [0, 0.1) is 0 Å². The second-order valence-corrected chi connectivity index (χ2v) is 4.39. The van der Waals surface area contributed by atoms with Crippen LogP contribution in [0.2, 0.25) is 0 Å². The van der Waals surface area contributed by atoms with E-state index in [1.54, 1.807) is 48.4 Å². The van der Waals surface area contributed by atoms with E-state index >= 15 is 0 Å². The Morgan fingerprint density at radius 2 is 1.91 bits per heavy atom. The van der Waals surface area contributed by atoms with Gasteiger partial charge < -0.3 is 9.84 Å². The van der Waals surface area contributed by atoms with Gasteiger partial charge in [0.1, 0.15) is 0 Å². The lowest BCUT2D eigenvalue weighted by molar-refractivity contribution is -0.159. The highest BCUT2D eigenvalue weighted by molar-refractivity contribution is 5.57. The number of alkyl halides is 3. The van der Waals surface area contributed by atoms with E-state index in [1.165, 1.54) is 0 Å². The fourth-order valence-electron chi connectivity index (χ4n) is 1.81. The van der Waals surface area contributed by atoms with Crippen molar-refractivity contribution in [3.8, 4) is 17.1 Å². The van der Waals surface area contributed by atoms with Crippen LogP contribution in [0.15, 0.2) is 41.2 Å². The van der Waals surface area contributed by atoms with Crippen molar-refractivity contribution >= 4 is 5.69 Å². The molecule has 0 saturated heterocycles. The van der Waals surface area contributed by atoms with E-state index in [9.17, 15) is 13.2 Å². The third-order valence-corrected chi connectivity index (χ3v) is 2.93. The average Bonchev–Trinajstić information content (AvgIpc) is 3.16. The smallest absolute Gasteiger partial charge is 0.386 e. The quantitative estimate of drug-likeness (QED) is 0.805. The zero-order chi connectivity index (χ0) is 15.7. The Hall–Kier alpha value is -2.84. The molecule has 0 aliphatic rings. The summed E-state index contributed by atoms with van der Waals surface area (Å²) in [5.41, 5.74) is 2.02. The summed E-state index contributed by atoms with van der Waals surface area (Å²) in [7, 11) is 1.78. The summed E-state index contributed by atoms with van der Waals surface area (Å²) in [6.07, 6.45) is -1.21. The first-order valence-corrected chi connectivity index (χ1v) is 6.21. The molecule has 0 fully saturated rings. The maximum atomic E-state index is 12.4. The second-order valence-electron chi connectivity index (χ2n) is 4.39. The topological polar surface area (TPSA) is 68.8 Å². The molecule has 9 heteroatoms. The molecule has 3 rings (SSSR count). The van der Waals surface area contributed by atoms with Crippen LogP contribution in [0.1, 0.15) is 5.89 Å². The van der Waals surface area contributed by atoms with Gasteiger partial charge in [-0.3, -0.25) is 0 Å². The lowest BCUT2D eigenvalue weighted by atomic mass is 10.2. The van der Waals surface area contributed by atoms with Gasteiger partial charge in [-0.25, -0.2) is 4.68 Å². The first-order chi connectivity index (χ1) is 10.5. The fraction of sp³-hybridized carbons (Fsp3) is 0.154. The van der Waals surface area contributed by atoms with E-state index in [0.717, 1.165) is 11.4 Å². The number of halogens is 3. The second kappa shape index (κ2) is 5.17. The molecule has 0 spiro atoms. The number of anilines is 1. The lowest BCUT2D eigenvalue weighted by Crippen LogP contribution is -2.04. The summed E-state index contributed by atoms with van der Waals surface area (Å²) in [6.45, 7) is 0. The molecule has 0 bridgehead atoms. The van der Waals surface area contributed by atoms with Crippen LogP contribution >= 0.6 is 0 Å². The number of aromatic nitrogens is 4. The van der Waals surface area contributed by atoms with Crippen LogP contribution in [0.4, 0.5) is 18.9 Å². The third kappa shape index (κ3) is 2.65. The van der Waals surface area contributed by atoms with Gasteiger partial charge in [0.15, 0.2) is 0 Å². The lowest BCUT2D eigenvalue weighted by Gasteiger charge is -2.01. The van der Waals surface area contributed by atoms with E-state index in [2.05, 4.69) is 25.1 Å². The number of rotatable bonds is 3. The van der Waals surface area contributed by atoms with Gasteiger partial charge in [-0.15, -0.1) is 0 Å². The number of hydrogen-bond donors (Lipinski definition) is 1. The number of benzene rings is 1. The summed E-state index contributed by atoms with van der Waals surface area (Å²) < 4.78 is 43.1. The van der Waals surface area contributed by atoms with E-state index in [1.807, 2.05) is 0 Å². The van der Waals surface area contributed by atoms with Crippen molar-refractivity contribution in [3.05, 3.63) is 42.5 Å². The number of nitrogens with one attached hydrogen (secondary N) is 1. The van der Waals surface area contributed by atoms with E-state index in [0.29, 0.717) is 5.56 Å². The first-order valence-electron chi connectivity index (χ1n) is 6.21. The highest BCUT2D eigenvalue weighted by Gasteiger charge is 2.38.